The molecule has 5 saturated heterocycles. The van der Waals surface area contributed by atoms with Crippen LogP contribution < -0.4 is 5.32 Å². The predicted molar refractivity (Wildman–Crippen MR) is 195 cm³/mol. The van der Waals surface area contributed by atoms with Crippen molar-refractivity contribution >= 4 is 5.91 Å². The molecule has 5 aliphatic heterocycles. The van der Waals surface area contributed by atoms with Gasteiger partial charge in [-0.3, -0.25) is 4.79 Å². The van der Waals surface area contributed by atoms with E-state index in [0.29, 0.717) is 6.42 Å². The van der Waals surface area contributed by atoms with Gasteiger partial charge in [-0.25, -0.2) is 0 Å². The van der Waals surface area contributed by atoms with E-state index in [1.807, 2.05) is 6.92 Å². The monoisotopic (exact) mass is 889 g/mol. The van der Waals surface area contributed by atoms with Crippen molar-refractivity contribution in [3.05, 3.63) is 0 Å². The maximum absolute atomic E-state index is 12.3. The van der Waals surface area contributed by atoms with E-state index < -0.39 is 178 Å². The Balaban J connectivity index is 1.38. The van der Waals surface area contributed by atoms with Crippen LogP contribution in [-0.4, -0.2) is 239 Å². The van der Waals surface area contributed by atoms with Crippen LogP contribution in [-0.2, 0) is 52.2 Å². The third-order valence-electron chi connectivity index (χ3n) is 12.4. The average molecular weight is 890 g/mol. The average Bonchev–Trinajstić information content (AvgIpc) is 3.83. The molecule has 24 nitrogen and oxygen atoms in total. The molecule has 13 N–H and O–H groups in total. The Hall–Kier alpha value is -1.41. The number of fused-ring (bicyclic) bond motifs is 1. The van der Waals surface area contributed by atoms with Crippen molar-refractivity contribution in [1.82, 2.24) is 5.32 Å². The van der Waals surface area contributed by atoms with E-state index in [1.165, 1.54) is 27.7 Å². The fourth-order valence-electron chi connectivity index (χ4n) is 8.75. The highest BCUT2D eigenvalue weighted by atomic mass is 16.8. The predicted octanol–water partition coefficient (Wildman–Crippen LogP) is -6.87. The van der Waals surface area contributed by atoms with Crippen LogP contribution in [0.2, 0.25) is 0 Å². The van der Waals surface area contributed by atoms with Crippen LogP contribution in [0.25, 0.3) is 0 Å². The Morgan fingerprint density at radius 1 is 0.623 bits per heavy atom. The Bertz CT molecular complexity index is 1470. The van der Waals surface area contributed by atoms with Gasteiger partial charge in [0.05, 0.1) is 43.5 Å². The molecule has 6 fully saturated rings. The van der Waals surface area contributed by atoms with Gasteiger partial charge in [-0.15, -0.1) is 0 Å². The van der Waals surface area contributed by atoms with Crippen LogP contribution in [0.5, 0.6) is 0 Å². The molecule has 0 spiro atoms. The summed E-state index contributed by atoms with van der Waals surface area (Å²) in [6.07, 6.45) is -34.8. The molecule has 0 radical (unpaired) electrons. The first kappa shape index (κ1) is 49.0. The minimum absolute atomic E-state index is 0.165. The molecule has 0 aromatic heterocycles. The zero-order valence-corrected chi connectivity index (χ0v) is 34.5. The summed E-state index contributed by atoms with van der Waals surface area (Å²) in [5.41, 5.74) is 0. The molecule has 1 saturated carbocycles. The van der Waals surface area contributed by atoms with Gasteiger partial charge in [-0.05, 0) is 34.1 Å². The van der Waals surface area contributed by atoms with Crippen molar-refractivity contribution in [2.45, 2.75) is 200 Å². The molecular formula is C37H63NO23. The zero-order valence-electron chi connectivity index (χ0n) is 34.5. The quantitative estimate of drug-likeness (QED) is 0.0771. The maximum Gasteiger partial charge on any atom is 0.217 e. The van der Waals surface area contributed by atoms with Crippen molar-refractivity contribution in [2.75, 3.05) is 19.8 Å². The van der Waals surface area contributed by atoms with Gasteiger partial charge in [0.15, 0.2) is 24.7 Å². The number of aliphatic hydroxyl groups is 12. The van der Waals surface area contributed by atoms with Crippen LogP contribution >= 0.6 is 0 Å². The molecule has 26 atom stereocenters. The van der Waals surface area contributed by atoms with Gasteiger partial charge >= 0.3 is 0 Å². The van der Waals surface area contributed by atoms with E-state index in [1.54, 1.807) is 0 Å². The molecule has 6 aliphatic rings. The first-order valence-corrected chi connectivity index (χ1v) is 20.6. The summed E-state index contributed by atoms with van der Waals surface area (Å²) in [7, 11) is 0. The van der Waals surface area contributed by atoms with Gasteiger partial charge < -0.3 is 114 Å². The highest BCUT2D eigenvalue weighted by Gasteiger charge is 2.79. The van der Waals surface area contributed by atoms with Crippen LogP contribution in [0.3, 0.4) is 0 Å². The van der Waals surface area contributed by atoms with Gasteiger partial charge in [0.1, 0.15) is 97.6 Å². The molecule has 5 heterocycles. The molecule has 18 unspecified atom stereocenters. The lowest BCUT2D eigenvalue weighted by molar-refractivity contribution is -0.401. The molecule has 0 aromatic carbocycles. The van der Waals surface area contributed by atoms with Gasteiger partial charge in [-0.2, -0.15) is 0 Å². The van der Waals surface area contributed by atoms with E-state index in [0.717, 1.165) is 6.92 Å². The Labute approximate surface area is 350 Å². The lowest BCUT2D eigenvalue weighted by atomic mass is 9.93. The number of ether oxygens (including phenoxy) is 10. The van der Waals surface area contributed by atoms with Crippen LogP contribution in [0, 0.1) is 5.92 Å². The van der Waals surface area contributed by atoms with Crippen molar-refractivity contribution < 1.29 is 113 Å². The molecule has 1 amide bonds. The Morgan fingerprint density at radius 3 is 1.80 bits per heavy atom. The summed E-state index contributed by atoms with van der Waals surface area (Å²) in [5.74, 6) is -5.98. The topological polar surface area (TPSA) is 364 Å². The minimum Gasteiger partial charge on any atom is -0.394 e. The van der Waals surface area contributed by atoms with E-state index >= 15 is 0 Å². The number of aliphatic hydroxyl groups excluding tert-OH is 12. The molecule has 354 valence electrons. The van der Waals surface area contributed by atoms with E-state index in [9.17, 15) is 66.1 Å². The summed E-state index contributed by atoms with van der Waals surface area (Å²) in [4.78, 5) is 12.3. The first-order chi connectivity index (χ1) is 28.7. The number of amides is 1. The lowest BCUT2D eigenvalue weighted by Gasteiger charge is -2.50. The second-order valence-corrected chi connectivity index (χ2v) is 16.8. The van der Waals surface area contributed by atoms with Gasteiger partial charge in [0.25, 0.3) is 0 Å². The van der Waals surface area contributed by atoms with Crippen molar-refractivity contribution in [3.63, 3.8) is 0 Å². The molecule has 1 aliphatic carbocycles. The molecule has 61 heavy (non-hydrogen) atoms. The third kappa shape index (κ3) is 9.23. The number of carbonyl (C=O) groups is 1. The van der Waals surface area contributed by atoms with Crippen molar-refractivity contribution in [3.8, 4) is 0 Å². The lowest BCUT2D eigenvalue weighted by Crippen LogP contribution is -2.67. The normalized spacial score (nSPS) is 53.9. The second-order valence-electron chi connectivity index (χ2n) is 16.8. The summed E-state index contributed by atoms with van der Waals surface area (Å²) in [6, 6.07) is -1.51. The summed E-state index contributed by atoms with van der Waals surface area (Å²) < 4.78 is 60.5. The highest BCUT2D eigenvalue weighted by Crippen LogP contribution is 2.60. The Kier molecular flexibility index (Phi) is 15.4. The fraction of sp³-hybridized carbons (Fsp3) is 0.973. The Morgan fingerprint density at radius 2 is 1.20 bits per heavy atom. The van der Waals surface area contributed by atoms with E-state index in [2.05, 4.69) is 5.32 Å². The molecular weight excluding hydrogens is 826 g/mol. The summed E-state index contributed by atoms with van der Waals surface area (Å²) in [5, 5.41) is 133. The maximum atomic E-state index is 12.3. The second kappa shape index (κ2) is 19.2. The first-order valence-electron chi connectivity index (χ1n) is 20.6. The van der Waals surface area contributed by atoms with Crippen LogP contribution in [0.1, 0.15) is 48.0 Å². The number of hydrogen-bond acceptors (Lipinski definition) is 23. The highest BCUT2D eigenvalue weighted by molar-refractivity contribution is 5.73. The number of nitrogens with one attached hydrogen (secondary N) is 1. The molecule has 0 bridgehead atoms. The fourth-order valence-corrected chi connectivity index (χ4v) is 8.75. The summed E-state index contributed by atoms with van der Waals surface area (Å²) in [6.45, 7) is 7.25. The standard InChI is InChI=1S/C37H63NO23/c1-7-8-52-36(6)31(51)29(21(44)12(3)59-36)57-35-30(26(49)19(42)11(2)53-35)61-37-17(32(37)58-33-18(38-14(5)41)24(47)22(45)15(9-39)54-33)28(20(43)13(4)60-37)56-34-27(50)25(48)23(46)16(10-40)55-34/h11-13,15-35,39-40,42-51H,7-10H2,1-6H3,(H,38,41)/t11?,12?,13?,15?,16?,17?,18?,19-,20-,21-,22+,23+,24?,25?,26?,27?,28?,29?,30?,31?,32?,33-,34+,35-,36?,37?/m0/s1. The van der Waals surface area contributed by atoms with Gasteiger partial charge in [0.2, 0.25) is 11.7 Å². The van der Waals surface area contributed by atoms with E-state index in [4.69, 9.17) is 47.4 Å². The third-order valence-corrected chi connectivity index (χ3v) is 12.4. The van der Waals surface area contributed by atoms with Crippen LogP contribution in [0.4, 0.5) is 0 Å². The molecule has 6 rings (SSSR count). The number of carbonyl (C=O) groups excluding carboxylic acids is 1. The molecule has 24 heteroatoms. The van der Waals surface area contributed by atoms with E-state index in [-0.39, 0.29) is 6.61 Å². The van der Waals surface area contributed by atoms with Crippen molar-refractivity contribution in [2.24, 2.45) is 5.92 Å². The number of rotatable bonds is 14. The van der Waals surface area contributed by atoms with Crippen molar-refractivity contribution in [1.29, 1.82) is 0 Å². The molecule has 0 aromatic rings. The zero-order chi connectivity index (χ0) is 45.0. The van der Waals surface area contributed by atoms with Gasteiger partial charge in [0, 0.05) is 13.5 Å². The van der Waals surface area contributed by atoms with Gasteiger partial charge in [-0.1, -0.05) is 6.92 Å². The summed E-state index contributed by atoms with van der Waals surface area (Å²) >= 11 is 0. The minimum atomic E-state index is -2.22. The smallest absolute Gasteiger partial charge is 0.217 e. The number of hydrogen-bond donors (Lipinski definition) is 13. The largest absolute Gasteiger partial charge is 0.394 e. The van der Waals surface area contributed by atoms with Crippen LogP contribution in [0.15, 0.2) is 0 Å². The SMILES string of the molecule is CCCOC1(C)OC(C)[C@H](O)C(O[C@@H]2OC(C)[C@H](O)C(O)C2OC23OC(C)[C@H](O)C(O[C@H]4OC(CO)[C@@H](O)C(O)C4O)C2C3O[C@@H]2OC(CO)[C@@H](O)C(O)C2NC(C)=O)C1O.